The van der Waals surface area contributed by atoms with Crippen LogP contribution in [0.5, 0.6) is 0 Å². The number of thioether (sulfide) groups is 1. The van der Waals surface area contributed by atoms with Gasteiger partial charge in [0, 0.05) is 38.4 Å². The van der Waals surface area contributed by atoms with Crippen LogP contribution < -0.4 is 9.70 Å². The minimum absolute atomic E-state index is 0.0940. The fraction of sp³-hybridized carbons (Fsp3) is 0.375. The van der Waals surface area contributed by atoms with Gasteiger partial charge < -0.3 is 14.4 Å². The van der Waals surface area contributed by atoms with E-state index < -0.39 is 0 Å². The van der Waals surface area contributed by atoms with Gasteiger partial charge in [-0.2, -0.15) is 4.99 Å². The first-order valence-electron chi connectivity index (χ1n) is 10.9. The van der Waals surface area contributed by atoms with Crippen molar-refractivity contribution in [2.24, 2.45) is 4.99 Å². The van der Waals surface area contributed by atoms with Gasteiger partial charge in [0.15, 0.2) is 4.80 Å². The van der Waals surface area contributed by atoms with Crippen LogP contribution in [0.25, 0.3) is 10.2 Å². The van der Waals surface area contributed by atoms with E-state index in [9.17, 15) is 9.59 Å². The second-order valence-corrected chi connectivity index (χ2v) is 9.80. The molecule has 0 saturated carbocycles. The zero-order valence-electron chi connectivity index (χ0n) is 18.5. The maximum absolute atomic E-state index is 12.6. The molecule has 0 bridgehead atoms. The Morgan fingerprint density at radius 3 is 2.50 bits per heavy atom. The molecular weight excluding hydrogens is 440 g/mol. The summed E-state index contributed by atoms with van der Waals surface area (Å²) in [4.78, 5) is 34.3. The molecule has 6 nitrogen and oxygen atoms in total. The first kappa shape index (κ1) is 22.6. The lowest BCUT2D eigenvalue weighted by Gasteiger charge is -2.36. The SMILES string of the molecule is CCn1c(=NC(=O)CSCC(=O)N2CCN(c3ccccc3)CC2)sc2cc(C)ccc21. The number of anilines is 1. The number of thiazole rings is 1. The summed E-state index contributed by atoms with van der Waals surface area (Å²) >= 11 is 2.89. The average Bonchev–Trinajstić information content (AvgIpc) is 3.15. The fourth-order valence-electron chi connectivity index (χ4n) is 3.88. The first-order valence-corrected chi connectivity index (χ1v) is 12.9. The van der Waals surface area contributed by atoms with Crippen LogP contribution in [0.1, 0.15) is 12.5 Å². The Balaban J connectivity index is 1.29. The largest absolute Gasteiger partial charge is 0.368 e. The second-order valence-electron chi connectivity index (χ2n) is 7.80. The van der Waals surface area contributed by atoms with Gasteiger partial charge in [-0.3, -0.25) is 9.59 Å². The molecule has 4 rings (SSSR count). The van der Waals surface area contributed by atoms with E-state index in [1.807, 2.05) is 23.1 Å². The van der Waals surface area contributed by atoms with Gasteiger partial charge in [-0.05, 0) is 43.7 Å². The van der Waals surface area contributed by atoms with Gasteiger partial charge in [0.05, 0.1) is 21.7 Å². The molecule has 32 heavy (non-hydrogen) atoms. The molecule has 1 fully saturated rings. The zero-order chi connectivity index (χ0) is 22.5. The Labute approximate surface area is 196 Å². The number of carbonyl (C=O) groups is 2. The maximum Gasteiger partial charge on any atom is 0.258 e. The van der Waals surface area contributed by atoms with E-state index in [-0.39, 0.29) is 17.6 Å². The quantitative estimate of drug-likeness (QED) is 0.555. The number of para-hydroxylation sites is 1. The molecule has 1 saturated heterocycles. The Morgan fingerprint density at radius 1 is 1.03 bits per heavy atom. The summed E-state index contributed by atoms with van der Waals surface area (Å²) in [5.74, 6) is 0.428. The molecule has 168 valence electrons. The summed E-state index contributed by atoms with van der Waals surface area (Å²) < 4.78 is 3.20. The minimum Gasteiger partial charge on any atom is -0.368 e. The number of aromatic nitrogens is 1. The van der Waals surface area contributed by atoms with Crippen LogP contribution in [-0.4, -0.2) is 59.0 Å². The molecular formula is C24H28N4O2S2. The number of nitrogens with zero attached hydrogens (tertiary/aromatic N) is 4. The lowest BCUT2D eigenvalue weighted by atomic mass is 10.2. The summed E-state index contributed by atoms with van der Waals surface area (Å²) in [6, 6.07) is 16.6. The minimum atomic E-state index is -0.192. The van der Waals surface area contributed by atoms with Crippen LogP contribution in [0.15, 0.2) is 53.5 Å². The van der Waals surface area contributed by atoms with Gasteiger partial charge >= 0.3 is 0 Å². The first-order chi connectivity index (χ1) is 15.5. The highest BCUT2D eigenvalue weighted by Crippen LogP contribution is 2.19. The molecule has 2 aromatic carbocycles. The molecule has 0 N–H and O–H groups in total. The van der Waals surface area contributed by atoms with Crippen molar-refractivity contribution in [3.63, 3.8) is 0 Å². The number of aryl methyl sites for hydroxylation is 2. The van der Waals surface area contributed by atoms with Crippen LogP contribution in [0, 0.1) is 6.92 Å². The summed E-state index contributed by atoms with van der Waals surface area (Å²) in [7, 11) is 0. The Bertz CT molecular complexity index is 1160. The molecule has 2 amide bonds. The normalized spacial score (nSPS) is 14.9. The van der Waals surface area contributed by atoms with Gasteiger partial charge in [0.2, 0.25) is 5.91 Å². The molecule has 3 aromatic rings. The molecule has 8 heteroatoms. The molecule has 2 heterocycles. The number of piperazine rings is 1. The Kier molecular flexibility index (Phi) is 7.32. The van der Waals surface area contributed by atoms with Crippen LogP contribution in [0.2, 0.25) is 0 Å². The summed E-state index contributed by atoms with van der Waals surface area (Å²) in [5.41, 5.74) is 3.49. The molecule has 0 radical (unpaired) electrons. The summed E-state index contributed by atoms with van der Waals surface area (Å²) in [5, 5.41) is 0. The number of carbonyl (C=O) groups excluding carboxylic acids is 2. The third-order valence-corrected chi connectivity index (χ3v) is 7.52. The van der Waals surface area contributed by atoms with Crippen LogP contribution in [0.3, 0.4) is 0 Å². The monoisotopic (exact) mass is 468 g/mol. The van der Waals surface area contributed by atoms with Crippen LogP contribution in [-0.2, 0) is 16.1 Å². The van der Waals surface area contributed by atoms with Crippen molar-refractivity contribution < 1.29 is 9.59 Å². The van der Waals surface area contributed by atoms with Gasteiger partial charge in [0.1, 0.15) is 0 Å². The third-order valence-electron chi connectivity index (χ3n) is 5.58. The lowest BCUT2D eigenvalue weighted by Crippen LogP contribution is -2.49. The maximum atomic E-state index is 12.6. The van der Waals surface area contributed by atoms with Crippen molar-refractivity contribution in [2.75, 3.05) is 42.6 Å². The Morgan fingerprint density at radius 2 is 1.78 bits per heavy atom. The summed E-state index contributed by atoms with van der Waals surface area (Å²) in [6.07, 6.45) is 0. The van der Waals surface area contributed by atoms with Crippen molar-refractivity contribution in [2.45, 2.75) is 20.4 Å². The van der Waals surface area contributed by atoms with Crippen molar-refractivity contribution in [3.8, 4) is 0 Å². The standard InChI is InChI=1S/C24H28N4O2S2/c1-3-28-20-10-9-18(2)15-21(20)32-24(28)25-22(29)16-31-17-23(30)27-13-11-26(12-14-27)19-7-5-4-6-8-19/h4-10,15H,3,11-14,16-17H2,1-2H3. The molecule has 1 aromatic heterocycles. The zero-order valence-corrected chi connectivity index (χ0v) is 20.1. The van der Waals surface area contributed by atoms with Crippen molar-refractivity contribution in [3.05, 3.63) is 58.9 Å². The van der Waals surface area contributed by atoms with Crippen LogP contribution in [0.4, 0.5) is 5.69 Å². The number of benzene rings is 2. The number of amides is 2. The van der Waals surface area contributed by atoms with Crippen molar-refractivity contribution >= 4 is 50.8 Å². The number of hydrogen-bond acceptors (Lipinski definition) is 5. The number of rotatable bonds is 6. The molecule has 1 aliphatic heterocycles. The third kappa shape index (κ3) is 5.24. The highest BCUT2D eigenvalue weighted by Gasteiger charge is 2.21. The van der Waals surface area contributed by atoms with E-state index >= 15 is 0 Å². The van der Waals surface area contributed by atoms with E-state index in [4.69, 9.17) is 0 Å². The summed E-state index contributed by atoms with van der Waals surface area (Å²) in [6.45, 7) is 7.96. The number of fused-ring (bicyclic) bond motifs is 1. The van der Waals surface area contributed by atoms with E-state index in [1.165, 1.54) is 34.3 Å². The predicted octanol–water partition coefficient (Wildman–Crippen LogP) is 3.54. The van der Waals surface area contributed by atoms with E-state index in [1.54, 1.807) is 0 Å². The van der Waals surface area contributed by atoms with Gasteiger partial charge in [0.25, 0.3) is 5.91 Å². The van der Waals surface area contributed by atoms with Gasteiger partial charge in [-0.15, -0.1) is 11.8 Å². The fourth-order valence-corrected chi connectivity index (χ4v) is 5.79. The Hall–Kier alpha value is -2.58. The van der Waals surface area contributed by atoms with Gasteiger partial charge in [-0.25, -0.2) is 0 Å². The van der Waals surface area contributed by atoms with Crippen molar-refractivity contribution in [1.29, 1.82) is 0 Å². The molecule has 1 aliphatic rings. The second kappa shape index (κ2) is 10.4. The van der Waals surface area contributed by atoms with Crippen molar-refractivity contribution in [1.82, 2.24) is 9.47 Å². The number of hydrogen-bond donors (Lipinski definition) is 0. The average molecular weight is 469 g/mol. The molecule has 0 atom stereocenters. The smallest absolute Gasteiger partial charge is 0.258 e. The van der Waals surface area contributed by atoms with Gasteiger partial charge in [-0.1, -0.05) is 35.6 Å². The topological polar surface area (TPSA) is 57.9 Å². The molecule has 0 spiro atoms. The highest BCUT2D eigenvalue weighted by atomic mass is 32.2. The predicted molar refractivity (Wildman–Crippen MR) is 133 cm³/mol. The highest BCUT2D eigenvalue weighted by molar-refractivity contribution is 8.00. The van der Waals surface area contributed by atoms with E-state index in [0.717, 1.165) is 34.7 Å². The van der Waals surface area contributed by atoms with E-state index in [0.29, 0.717) is 18.8 Å². The molecule has 0 unspecified atom stereocenters. The van der Waals surface area contributed by atoms with Crippen LogP contribution >= 0.6 is 23.1 Å². The van der Waals surface area contributed by atoms with E-state index in [2.05, 4.69) is 58.6 Å². The molecule has 0 aliphatic carbocycles. The lowest BCUT2D eigenvalue weighted by molar-refractivity contribution is -0.128.